The average Bonchev–Trinajstić information content (AvgIpc) is 2.49. The summed E-state index contributed by atoms with van der Waals surface area (Å²) in [5.41, 5.74) is 1.22. The van der Waals surface area contributed by atoms with Gasteiger partial charge in [0.15, 0.2) is 0 Å². The van der Waals surface area contributed by atoms with E-state index in [1.54, 1.807) is 0 Å². The monoisotopic (exact) mass is 252 g/mol. The zero-order valence-electron chi connectivity index (χ0n) is 9.06. The molecule has 1 aromatic heterocycles. The van der Waals surface area contributed by atoms with Crippen LogP contribution in [0.2, 0.25) is 0 Å². The van der Waals surface area contributed by atoms with E-state index in [0.29, 0.717) is 0 Å². The molecular formula is C9H18Cl2N4. The van der Waals surface area contributed by atoms with Gasteiger partial charge in [-0.05, 0) is 6.92 Å². The van der Waals surface area contributed by atoms with Crippen molar-refractivity contribution in [1.29, 1.82) is 0 Å². The zero-order valence-corrected chi connectivity index (χ0v) is 10.7. The van der Waals surface area contributed by atoms with E-state index < -0.39 is 0 Å². The second-order valence-electron chi connectivity index (χ2n) is 3.50. The largest absolute Gasteiger partial charge is 0.340 e. The van der Waals surface area contributed by atoms with Gasteiger partial charge in [0.25, 0.3) is 0 Å². The van der Waals surface area contributed by atoms with Crippen molar-refractivity contribution in [2.45, 2.75) is 6.92 Å². The number of aryl methyl sites for hydroxylation is 1. The minimum atomic E-state index is 0. The molecule has 4 nitrogen and oxygen atoms in total. The van der Waals surface area contributed by atoms with E-state index >= 15 is 0 Å². The fourth-order valence-corrected chi connectivity index (χ4v) is 1.64. The number of aromatic nitrogens is 2. The van der Waals surface area contributed by atoms with Crippen molar-refractivity contribution < 1.29 is 0 Å². The van der Waals surface area contributed by atoms with Gasteiger partial charge in [0.2, 0.25) is 5.95 Å². The highest BCUT2D eigenvalue weighted by molar-refractivity contribution is 5.85. The van der Waals surface area contributed by atoms with Gasteiger partial charge in [0.05, 0.1) is 6.20 Å². The molecule has 0 atom stereocenters. The normalized spacial score (nSPS) is 15.5. The lowest BCUT2D eigenvalue weighted by Crippen LogP contribution is -2.44. The predicted molar refractivity (Wildman–Crippen MR) is 67.5 cm³/mol. The number of halogens is 2. The summed E-state index contributed by atoms with van der Waals surface area (Å²) in [6.45, 7) is 6.32. The maximum atomic E-state index is 4.40. The second-order valence-corrected chi connectivity index (χ2v) is 3.50. The molecule has 0 saturated carbocycles. The first-order chi connectivity index (χ1) is 6.29. The number of imidazole rings is 1. The number of hydrogen-bond donors (Lipinski definition) is 1. The number of nitrogens with zero attached hydrogens (tertiary/aromatic N) is 3. The van der Waals surface area contributed by atoms with E-state index in [9.17, 15) is 0 Å². The Labute approximate surface area is 103 Å². The summed E-state index contributed by atoms with van der Waals surface area (Å²) in [5.74, 6) is 1.10. The van der Waals surface area contributed by atoms with Crippen molar-refractivity contribution in [2.75, 3.05) is 31.1 Å². The maximum Gasteiger partial charge on any atom is 0.205 e. The predicted octanol–water partition coefficient (Wildman–Crippen LogP) is 0.982. The molecule has 2 heterocycles. The Hall–Kier alpha value is -0.450. The third-order valence-corrected chi connectivity index (χ3v) is 2.60. The molecule has 1 fully saturated rings. The third-order valence-electron chi connectivity index (χ3n) is 2.60. The van der Waals surface area contributed by atoms with Crippen molar-refractivity contribution in [3.8, 4) is 0 Å². The quantitative estimate of drug-likeness (QED) is 0.810. The number of piperazine rings is 1. The molecule has 0 amide bonds. The first-order valence-corrected chi connectivity index (χ1v) is 4.73. The molecule has 0 spiro atoms. The van der Waals surface area contributed by atoms with Crippen LogP contribution in [-0.2, 0) is 7.05 Å². The van der Waals surface area contributed by atoms with Gasteiger partial charge < -0.3 is 14.8 Å². The minimum absolute atomic E-state index is 0. The molecule has 0 bridgehead atoms. The van der Waals surface area contributed by atoms with Gasteiger partial charge >= 0.3 is 0 Å². The first-order valence-electron chi connectivity index (χ1n) is 4.73. The van der Waals surface area contributed by atoms with Crippen molar-refractivity contribution in [3.05, 3.63) is 11.9 Å². The summed E-state index contributed by atoms with van der Waals surface area (Å²) in [7, 11) is 2.07. The third kappa shape index (κ3) is 3.00. The summed E-state index contributed by atoms with van der Waals surface area (Å²) in [5, 5.41) is 3.33. The van der Waals surface area contributed by atoms with Crippen molar-refractivity contribution in [1.82, 2.24) is 14.9 Å². The minimum Gasteiger partial charge on any atom is -0.340 e. The molecule has 1 aliphatic heterocycles. The summed E-state index contributed by atoms with van der Waals surface area (Å²) < 4.78 is 2.14. The van der Waals surface area contributed by atoms with E-state index in [1.807, 2.05) is 6.20 Å². The second kappa shape index (κ2) is 6.20. The van der Waals surface area contributed by atoms with Crippen molar-refractivity contribution in [2.24, 2.45) is 7.05 Å². The molecule has 0 unspecified atom stereocenters. The zero-order chi connectivity index (χ0) is 9.26. The number of nitrogens with one attached hydrogen (secondary N) is 1. The lowest BCUT2D eigenvalue weighted by atomic mass is 10.4. The molecule has 6 heteroatoms. The van der Waals surface area contributed by atoms with E-state index in [1.165, 1.54) is 5.69 Å². The highest BCUT2D eigenvalue weighted by Gasteiger charge is 2.14. The van der Waals surface area contributed by atoms with Crippen LogP contribution in [0.1, 0.15) is 5.69 Å². The average molecular weight is 253 g/mol. The van der Waals surface area contributed by atoms with Crippen molar-refractivity contribution in [3.63, 3.8) is 0 Å². The van der Waals surface area contributed by atoms with Crippen LogP contribution in [0.3, 0.4) is 0 Å². The molecule has 88 valence electrons. The van der Waals surface area contributed by atoms with E-state index in [2.05, 4.69) is 33.7 Å². The summed E-state index contributed by atoms with van der Waals surface area (Å²) >= 11 is 0. The Morgan fingerprint density at radius 2 is 1.87 bits per heavy atom. The van der Waals surface area contributed by atoms with Crippen molar-refractivity contribution >= 4 is 30.8 Å². The Kier molecular flexibility index (Phi) is 6.02. The fraction of sp³-hybridized carbons (Fsp3) is 0.667. The Bertz CT molecular complexity index is 294. The fourth-order valence-electron chi connectivity index (χ4n) is 1.64. The lowest BCUT2D eigenvalue weighted by molar-refractivity contribution is 0.573. The maximum absolute atomic E-state index is 4.40. The summed E-state index contributed by atoms with van der Waals surface area (Å²) in [6.07, 6.45) is 1.93. The molecule has 0 aliphatic carbocycles. The highest BCUT2D eigenvalue weighted by Crippen LogP contribution is 2.13. The van der Waals surface area contributed by atoms with Gasteiger partial charge in [0, 0.05) is 38.9 Å². The van der Waals surface area contributed by atoms with Gasteiger partial charge in [-0.15, -0.1) is 24.8 Å². The van der Waals surface area contributed by atoms with Gasteiger partial charge in [-0.1, -0.05) is 0 Å². The molecule has 15 heavy (non-hydrogen) atoms. The molecule has 1 aliphatic rings. The molecule has 2 rings (SSSR count). The van der Waals surface area contributed by atoms with Crippen LogP contribution in [0.15, 0.2) is 6.20 Å². The van der Waals surface area contributed by atoms with Crippen LogP contribution in [0, 0.1) is 6.92 Å². The number of hydrogen-bond acceptors (Lipinski definition) is 3. The van der Waals surface area contributed by atoms with Gasteiger partial charge in [0.1, 0.15) is 0 Å². The van der Waals surface area contributed by atoms with Gasteiger partial charge in [-0.3, -0.25) is 0 Å². The topological polar surface area (TPSA) is 33.1 Å². The number of rotatable bonds is 1. The van der Waals surface area contributed by atoms with Gasteiger partial charge in [-0.2, -0.15) is 0 Å². The molecular weight excluding hydrogens is 235 g/mol. The summed E-state index contributed by atoms with van der Waals surface area (Å²) in [6, 6.07) is 0. The van der Waals surface area contributed by atoms with Crippen LogP contribution >= 0.6 is 24.8 Å². The standard InChI is InChI=1S/C9H16N4.2ClH/c1-8-7-11-9(12(8)2)13-5-3-10-4-6-13;;/h7,10H,3-6H2,1-2H3;2*1H. The van der Waals surface area contributed by atoms with E-state index in [0.717, 1.165) is 32.1 Å². The Balaban J connectivity index is 0.000000980. The molecule has 0 radical (unpaired) electrons. The Morgan fingerprint density at radius 3 is 2.33 bits per heavy atom. The molecule has 1 aromatic rings. The van der Waals surface area contributed by atoms with E-state index in [-0.39, 0.29) is 24.8 Å². The van der Waals surface area contributed by atoms with Crippen LogP contribution in [0.25, 0.3) is 0 Å². The van der Waals surface area contributed by atoms with Crippen LogP contribution in [0.4, 0.5) is 5.95 Å². The first kappa shape index (κ1) is 14.6. The lowest BCUT2D eigenvalue weighted by Gasteiger charge is -2.28. The smallest absolute Gasteiger partial charge is 0.205 e. The number of anilines is 1. The molecule has 1 saturated heterocycles. The SMILES string of the molecule is Cc1cnc(N2CCNCC2)n1C.Cl.Cl. The Morgan fingerprint density at radius 1 is 1.27 bits per heavy atom. The van der Waals surface area contributed by atoms with Crippen LogP contribution in [0.5, 0.6) is 0 Å². The van der Waals surface area contributed by atoms with Crippen LogP contribution < -0.4 is 10.2 Å². The summed E-state index contributed by atoms with van der Waals surface area (Å²) in [4.78, 5) is 6.72. The van der Waals surface area contributed by atoms with Crippen LogP contribution in [-0.4, -0.2) is 35.7 Å². The molecule has 1 N–H and O–H groups in total. The molecule has 0 aromatic carbocycles. The van der Waals surface area contributed by atoms with E-state index in [4.69, 9.17) is 0 Å². The highest BCUT2D eigenvalue weighted by atomic mass is 35.5. The van der Waals surface area contributed by atoms with Gasteiger partial charge in [-0.25, -0.2) is 4.98 Å².